The van der Waals surface area contributed by atoms with E-state index in [2.05, 4.69) is 38.7 Å². The molecule has 99 valence electrons. The van der Waals surface area contributed by atoms with E-state index >= 15 is 0 Å². The third-order valence-electron chi connectivity index (χ3n) is 2.26. The van der Waals surface area contributed by atoms with Crippen molar-refractivity contribution >= 4 is 0 Å². The van der Waals surface area contributed by atoms with E-state index in [1.54, 1.807) is 24.3 Å². The van der Waals surface area contributed by atoms with E-state index < -0.39 is 0 Å². The molecular weight excluding hydrogens is 284 g/mol. The van der Waals surface area contributed by atoms with Gasteiger partial charge in [-0.2, -0.15) is 0 Å². The van der Waals surface area contributed by atoms with Gasteiger partial charge in [0.2, 0.25) is 0 Å². The summed E-state index contributed by atoms with van der Waals surface area (Å²) in [5, 5.41) is 20.5. The number of para-hydroxylation sites is 2. The molecule has 2 aromatic rings. The van der Waals surface area contributed by atoms with Crippen LogP contribution in [0.4, 0.5) is 0 Å². The molecule has 0 bridgehead atoms. The van der Waals surface area contributed by atoms with Gasteiger partial charge in [0.05, 0.1) is 0 Å². The van der Waals surface area contributed by atoms with E-state index in [4.69, 9.17) is 0 Å². The fourth-order valence-electron chi connectivity index (χ4n) is 1.29. The summed E-state index contributed by atoms with van der Waals surface area (Å²) in [5.41, 5.74) is 0. The molecule has 2 aromatic carbocycles. The molecule has 0 atom stereocenters. The molecule has 1 aliphatic carbocycles. The number of benzene rings is 2. The molecule has 0 unspecified atom stereocenters. The van der Waals surface area contributed by atoms with Crippen LogP contribution in [0, 0.1) is 0 Å². The van der Waals surface area contributed by atoms with Crippen molar-refractivity contribution in [1.29, 1.82) is 0 Å². The van der Waals surface area contributed by atoms with Crippen molar-refractivity contribution in [1.82, 2.24) is 0 Å². The van der Waals surface area contributed by atoms with Crippen molar-refractivity contribution in [3.8, 4) is 11.5 Å². The SMILES string of the molecule is [O-]c1ccccc1.[O-]c1ccccc1.[Ti+2][C]1=CC=CC1. The normalized spacial score (nSPS) is 11.6. The van der Waals surface area contributed by atoms with Crippen molar-refractivity contribution in [2.75, 3.05) is 0 Å². The number of rotatable bonds is 0. The van der Waals surface area contributed by atoms with E-state index in [0.29, 0.717) is 0 Å². The Bertz CT molecular complexity index is 496. The second kappa shape index (κ2) is 10.1. The molecule has 2 nitrogen and oxygen atoms in total. The van der Waals surface area contributed by atoms with Crippen molar-refractivity contribution < 1.29 is 30.6 Å². The van der Waals surface area contributed by atoms with Crippen LogP contribution in [-0.4, -0.2) is 0 Å². The van der Waals surface area contributed by atoms with E-state index in [1.807, 2.05) is 12.1 Å². The summed E-state index contributed by atoms with van der Waals surface area (Å²) >= 11 is 2.14. The molecule has 0 radical (unpaired) electrons. The van der Waals surface area contributed by atoms with Gasteiger partial charge in [0.1, 0.15) is 0 Å². The second-order valence-electron chi connectivity index (χ2n) is 3.95. The van der Waals surface area contributed by atoms with Gasteiger partial charge in [0.15, 0.2) is 0 Å². The fraction of sp³-hybridized carbons (Fsp3) is 0.0588. The summed E-state index contributed by atoms with van der Waals surface area (Å²) in [7, 11) is 0. The summed E-state index contributed by atoms with van der Waals surface area (Å²) in [6.45, 7) is 0. The molecule has 0 aliphatic heterocycles. The first-order valence-electron chi connectivity index (χ1n) is 6.20. The average molecular weight is 299 g/mol. The van der Waals surface area contributed by atoms with Gasteiger partial charge in [-0.25, -0.2) is 0 Å². The molecule has 3 rings (SSSR count). The molecule has 0 saturated carbocycles. The van der Waals surface area contributed by atoms with Crippen LogP contribution in [0.15, 0.2) is 82.8 Å². The van der Waals surface area contributed by atoms with E-state index in [-0.39, 0.29) is 11.5 Å². The Morgan fingerprint density at radius 2 is 1.20 bits per heavy atom. The Hall–Kier alpha value is -1.77. The standard InChI is InChI=1S/2C6H6O.C5H5.Ti/c2*7-6-4-2-1-3-5-6;1-2-4-5-3-1;/h2*1-5,7H;1-3H,4H2;/q;;;+2/p-2. The van der Waals surface area contributed by atoms with Gasteiger partial charge in [-0.15, -0.1) is 11.5 Å². The maximum absolute atomic E-state index is 10.3. The van der Waals surface area contributed by atoms with E-state index in [9.17, 15) is 10.2 Å². The molecule has 20 heavy (non-hydrogen) atoms. The quantitative estimate of drug-likeness (QED) is 0.702. The molecule has 0 saturated heterocycles. The Morgan fingerprint density at radius 1 is 0.750 bits per heavy atom. The minimum absolute atomic E-state index is 0.0718. The average Bonchev–Trinajstić information content (AvgIpc) is 2.93. The number of allylic oxidation sites excluding steroid dienone is 4. The van der Waals surface area contributed by atoms with Crippen molar-refractivity contribution in [2.45, 2.75) is 6.42 Å². The zero-order chi connectivity index (χ0) is 14.6. The molecule has 0 aromatic heterocycles. The summed E-state index contributed by atoms with van der Waals surface area (Å²) in [6, 6.07) is 16.7. The Kier molecular flexibility index (Phi) is 8.20. The fourth-order valence-corrected chi connectivity index (χ4v) is 1.62. The molecule has 3 heteroatoms. The molecule has 0 amide bonds. The molecule has 1 aliphatic rings. The Labute approximate surface area is 131 Å². The van der Waals surface area contributed by atoms with Crippen LogP contribution in [-0.2, 0) is 20.4 Å². The van der Waals surface area contributed by atoms with Crippen LogP contribution in [0.25, 0.3) is 0 Å². The first-order chi connectivity index (χ1) is 9.68. The summed E-state index contributed by atoms with van der Waals surface area (Å²) in [5.74, 6) is 0.144. The topological polar surface area (TPSA) is 46.1 Å². The zero-order valence-corrected chi connectivity index (χ0v) is 12.6. The minimum atomic E-state index is 0.0718. The van der Waals surface area contributed by atoms with Crippen molar-refractivity contribution in [3.63, 3.8) is 0 Å². The molecule has 0 fully saturated rings. The van der Waals surface area contributed by atoms with Crippen LogP contribution < -0.4 is 10.2 Å². The third-order valence-corrected chi connectivity index (χ3v) is 2.84. The number of hydrogen-bond donors (Lipinski definition) is 0. The van der Waals surface area contributed by atoms with Crippen LogP contribution in [0.2, 0.25) is 0 Å². The van der Waals surface area contributed by atoms with Gasteiger partial charge in [0.25, 0.3) is 0 Å². The molecule has 0 spiro atoms. The maximum atomic E-state index is 10.3. The van der Waals surface area contributed by atoms with Gasteiger partial charge in [-0.1, -0.05) is 60.7 Å². The Balaban J connectivity index is 0.000000151. The number of hydrogen-bond acceptors (Lipinski definition) is 2. The first-order valence-corrected chi connectivity index (χ1v) is 6.98. The predicted molar refractivity (Wildman–Crippen MR) is 73.6 cm³/mol. The van der Waals surface area contributed by atoms with Gasteiger partial charge in [-0.05, 0) is 0 Å². The van der Waals surface area contributed by atoms with Gasteiger partial charge in [-0.3, -0.25) is 0 Å². The van der Waals surface area contributed by atoms with Gasteiger partial charge < -0.3 is 10.2 Å². The summed E-state index contributed by atoms with van der Waals surface area (Å²) < 4.78 is 1.47. The van der Waals surface area contributed by atoms with Crippen LogP contribution in [0.1, 0.15) is 6.42 Å². The second-order valence-corrected chi connectivity index (χ2v) is 4.95. The molecule has 0 N–H and O–H groups in total. The molecular formula is C17H15O2Ti. The van der Waals surface area contributed by atoms with Crippen LogP contribution in [0.5, 0.6) is 11.5 Å². The summed E-state index contributed by atoms with van der Waals surface area (Å²) in [6.07, 6.45) is 7.56. The van der Waals surface area contributed by atoms with Crippen LogP contribution in [0.3, 0.4) is 0 Å². The van der Waals surface area contributed by atoms with E-state index in [1.165, 1.54) is 34.6 Å². The predicted octanol–water partition coefficient (Wildman–Crippen LogP) is 2.90. The summed E-state index contributed by atoms with van der Waals surface area (Å²) in [4.78, 5) is 0. The van der Waals surface area contributed by atoms with Crippen LogP contribution >= 0.6 is 0 Å². The van der Waals surface area contributed by atoms with Gasteiger partial charge in [0, 0.05) is 0 Å². The first kappa shape index (κ1) is 16.3. The van der Waals surface area contributed by atoms with Gasteiger partial charge >= 0.3 is 49.0 Å². The zero-order valence-electron chi connectivity index (χ0n) is 11.0. The van der Waals surface area contributed by atoms with E-state index in [0.717, 1.165) is 0 Å². The monoisotopic (exact) mass is 299 g/mol. The molecule has 0 heterocycles. The van der Waals surface area contributed by atoms with Crippen molar-refractivity contribution in [2.24, 2.45) is 0 Å². The Morgan fingerprint density at radius 3 is 1.35 bits per heavy atom. The third kappa shape index (κ3) is 8.36. The van der Waals surface area contributed by atoms with Crippen molar-refractivity contribution in [3.05, 3.63) is 82.8 Å².